The number of nitrogens with one attached hydrogen (secondary N) is 1. The maximum absolute atomic E-state index is 12.4. The molecule has 0 bridgehead atoms. The van der Waals surface area contributed by atoms with Crippen molar-refractivity contribution in [2.24, 2.45) is 0 Å². The molecular weight excluding hydrogens is 404 g/mol. The second kappa shape index (κ2) is 11.9. The van der Waals surface area contributed by atoms with Gasteiger partial charge in [-0.15, -0.1) is 0 Å². The van der Waals surface area contributed by atoms with Crippen LogP contribution in [0.4, 0.5) is 13.6 Å². The number of hydrogen-bond acceptors (Lipinski definition) is 5. The number of halogens is 2. The SMILES string of the molecule is O=C(NC(CCSCc1ccccc1OC(F)F)C(=O)O)OCc1ccccc1. The highest BCUT2D eigenvalue weighted by Crippen LogP contribution is 2.25. The van der Waals surface area contributed by atoms with Gasteiger partial charge in [-0.25, -0.2) is 9.59 Å². The van der Waals surface area contributed by atoms with Crippen molar-refractivity contribution in [3.63, 3.8) is 0 Å². The van der Waals surface area contributed by atoms with Crippen LogP contribution in [-0.2, 0) is 21.9 Å². The lowest BCUT2D eigenvalue weighted by Crippen LogP contribution is -2.41. The monoisotopic (exact) mass is 425 g/mol. The molecule has 29 heavy (non-hydrogen) atoms. The second-order valence-electron chi connectivity index (χ2n) is 5.92. The molecular formula is C20H21F2NO5S. The number of alkyl carbamates (subject to hydrolysis) is 1. The minimum atomic E-state index is -2.91. The number of para-hydroxylation sites is 1. The van der Waals surface area contributed by atoms with Crippen LogP contribution in [0.5, 0.6) is 5.75 Å². The number of rotatable bonds is 11. The van der Waals surface area contributed by atoms with Crippen molar-refractivity contribution in [3.8, 4) is 5.75 Å². The molecule has 0 aliphatic rings. The molecule has 156 valence electrons. The van der Waals surface area contributed by atoms with Gasteiger partial charge in [0.05, 0.1) is 0 Å². The van der Waals surface area contributed by atoms with Crippen LogP contribution in [0, 0.1) is 0 Å². The summed E-state index contributed by atoms with van der Waals surface area (Å²) < 4.78 is 34.4. The van der Waals surface area contributed by atoms with Crippen molar-refractivity contribution < 1.29 is 33.0 Å². The van der Waals surface area contributed by atoms with E-state index in [9.17, 15) is 23.5 Å². The van der Waals surface area contributed by atoms with Crippen molar-refractivity contribution in [1.82, 2.24) is 5.32 Å². The number of carboxylic acid groups (broad SMARTS) is 1. The number of amides is 1. The minimum Gasteiger partial charge on any atom is -0.480 e. The van der Waals surface area contributed by atoms with E-state index >= 15 is 0 Å². The molecule has 6 nitrogen and oxygen atoms in total. The van der Waals surface area contributed by atoms with Gasteiger partial charge in [-0.3, -0.25) is 0 Å². The molecule has 0 spiro atoms. The first-order chi connectivity index (χ1) is 14.0. The number of hydrogen-bond donors (Lipinski definition) is 2. The van der Waals surface area contributed by atoms with Gasteiger partial charge in [0.15, 0.2) is 0 Å². The summed E-state index contributed by atoms with van der Waals surface area (Å²) in [7, 11) is 0. The molecule has 0 radical (unpaired) electrons. The normalized spacial score (nSPS) is 11.7. The van der Waals surface area contributed by atoms with Crippen LogP contribution in [0.15, 0.2) is 54.6 Å². The van der Waals surface area contributed by atoms with Crippen LogP contribution in [0.2, 0.25) is 0 Å². The Balaban J connectivity index is 1.76. The maximum Gasteiger partial charge on any atom is 0.408 e. The van der Waals surface area contributed by atoms with E-state index in [1.165, 1.54) is 17.8 Å². The Morgan fingerprint density at radius 3 is 2.45 bits per heavy atom. The van der Waals surface area contributed by atoms with Gasteiger partial charge in [-0.1, -0.05) is 48.5 Å². The summed E-state index contributed by atoms with van der Waals surface area (Å²) in [5, 5.41) is 11.6. The average Bonchev–Trinajstić information content (AvgIpc) is 2.70. The number of thioether (sulfide) groups is 1. The molecule has 0 fully saturated rings. The third-order valence-electron chi connectivity index (χ3n) is 3.80. The van der Waals surface area contributed by atoms with Gasteiger partial charge in [-0.05, 0) is 23.8 Å². The summed E-state index contributed by atoms with van der Waals surface area (Å²) in [6.07, 6.45) is -0.667. The number of carbonyl (C=O) groups excluding carboxylic acids is 1. The van der Waals surface area contributed by atoms with Gasteiger partial charge in [0.25, 0.3) is 0 Å². The van der Waals surface area contributed by atoms with E-state index < -0.39 is 24.7 Å². The predicted octanol–water partition coefficient (Wildman–Crippen LogP) is 4.29. The number of carbonyl (C=O) groups is 2. The highest BCUT2D eigenvalue weighted by Gasteiger charge is 2.20. The van der Waals surface area contributed by atoms with Crippen LogP contribution < -0.4 is 10.1 Å². The quantitative estimate of drug-likeness (QED) is 0.523. The third kappa shape index (κ3) is 8.39. The van der Waals surface area contributed by atoms with Gasteiger partial charge in [0.2, 0.25) is 0 Å². The standard InChI is InChI=1S/C20H21F2NO5S/c21-19(22)28-17-9-5-4-8-15(17)13-29-11-10-16(18(24)25)23-20(26)27-12-14-6-2-1-3-7-14/h1-9,16,19H,10-13H2,(H,23,26)(H,24,25). The average molecular weight is 425 g/mol. The zero-order valence-corrected chi connectivity index (χ0v) is 16.2. The molecule has 0 aliphatic carbocycles. The van der Waals surface area contributed by atoms with Crippen molar-refractivity contribution in [3.05, 3.63) is 65.7 Å². The number of benzene rings is 2. The molecule has 1 amide bonds. The summed E-state index contributed by atoms with van der Waals surface area (Å²) in [6, 6.07) is 14.3. The Kier molecular flexibility index (Phi) is 9.23. The lowest BCUT2D eigenvalue weighted by atomic mass is 10.2. The van der Waals surface area contributed by atoms with E-state index in [0.29, 0.717) is 17.1 Å². The summed E-state index contributed by atoms with van der Waals surface area (Å²) >= 11 is 1.35. The molecule has 0 saturated carbocycles. The Hall–Kier alpha value is -2.81. The second-order valence-corrected chi connectivity index (χ2v) is 7.03. The van der Waals surface area contributed by atoms with Crippen LogP contribution in [0.1, 0.15) is 17.5 Å². The number of alkyl halides is 2. The molecule has 0 heterocycles. The topological polar surface area (TPSA) is 84.9 Å². The Morgan fingerprint density at radius 1 is 1.07 bits per heavy atom. The molecule has 1 unspecified atom stereocenters. The Morgan fingerprint density at radius 2 is 1.76 bits per heavy atom. The van der Waals surface area contributed by atoms with Crippen LogP contribution in [0.25, 0.3) is 0 Å². The van der Waals surface area contributed by atoms with Gasteiger partial charge < -0.3 is 19.9 Å². The number of aliphatic carboxylic acids is 1. The van der Waals surface area contributed by atoms with Gasteiger partial charge in [0.1, 0.15) is 18.4 Å². The summed E-state index contributed by atoms with van der Waals surface area (Å²) in [5.41, 5.74) is 1.37. The predicted molar refractivity (Wildman–Crippen MR) is 105 cm³/mol. The van der Waals surface area contributed by atoms with E-state index in [1.54, 1.807) is 42.5 Å². The Labute approximate surface area is 171 Å². The van der Waals surface area contributed by atoms with Crippen molar-refractivity contribution in [1.29, 1.82) is 0 Å². The van der Waals surface area contributed by atoms with E-state index in [1.807, 2.05) is 6.07 Å². The summed E-state index contributed by atoms with van der Waals surface area (Å²) in [4.78, 5) is 23.2. The highest BCUT2D eigenvalue weighted by molar-refractivity contribution is 7.98. The van der Waals surface area contributed by atoms with Crippen LogP contribution in [0.3, 0.4) is 0 Å². The molecule has 0 aromatic heterocycles. The maximum atomic E-state index is 12.4. The lowest BCUT2D eigenvalue weighted by Gasteiger charge is -2.15. The number of carboxylic acids is 1. The lowest BCUT2D eigenvalue weighted by molar-refractivity contribution is -0.139. The highest BCUT2D eigenvalue weighted by atomic mass is 32.2. The molecule has 2 N–H and O–H groups in total. The van der Waals surface area contributed by atoms with Gasteiger partial charge in [0, 0.05) is 11.3 Å². The van der Waals surface area contributed by atoms with Crippen molar-refractivity contribution in [2.75, 3.05) is 5.75 Å². The molecule has 9 heteroatoms. The fourth-order valence-electron chi connectivity index (χ4n) is 2.38. The largest absolute Gasteiger partial charge is 0.480 e. The van der Waals surface area contributed by atoms with Gasteiger partial charge >= 0.3 is 18.7 Å². The van der Waals surface area contributed by atoms with Crippen molar-refractivity contribution >= 4 is 23.8 Å². The fourth-order valence-corrected chi connectivity index (χ4v) is 3.39. The van der Waals surface area contributed by atoms with E-state index in [0.717, 1.165) is 5.56 Å². The van der Waals surface area contributed by atoms with Crippen molar-refractivity contribution in [2.45, 2.75) is 31.4 Å². The third-order valence-corrected chi connectivity index (χ3v) is 4.84. The van der Waals surface area contributed by atoms with Crippen LogP contribution in [-0.4, -0.2) is 35.6 Å². The summed E-state index contributed by atoms with van der Waals surface area (Å²) in [6.45, 7) is -2.88. The van der Waals surface area contributed by atoms with E-state index in [2.05, 4.69) is 10.1 Å². The molecule has 2 rings (SSSR count). The zero-order chi connectivity index (χ0) is 21.1. The van der Waals surface area contributed by atoms with Crippen LogP contribution >= 0.6 is 11.8 Å². The molecule has 0 aliphatic heterocycles. The van der Waals surface area contributed by atoms with E-state index in [4.69, 9.17) is 4.74 Å². The first kappa shape index (κ1) is 22.5. The zero-order valence-electron chi connectivity index (χ0n) is 15.4. The van der Waals surface area contributed by atoms with Gasteiger partial charge in [-0.2, -0.15) is 20.5 Å². The fraction of sp³-hybridized carbons (Fsp3) is 0.300. The number of ether oxygens (including phenoxy) is 2. The minimum absolute atomic E-state index is 0.0364. The molecule has 2 aromatic rings. The molecule has 0 saturated heterocycles. The van der Waals surface area contributed by atoms with E-state index in [-0.39, 0.29) is 18.8 Å². The summed E-state index contributed by atoms with van der Waals surface area (Å²) in [5.74, 6) is -0.330. The first-order valence-electron chi connectivity index (χ1n) is 8.76. The Bertz CT molecular complexity index is 791. The smallest absolute Gasteiger partial charge is 0.408 e. The molecule has 1 atom stereocenters. The molecule has 2 aromatic carbocycles. The first-order valence-corrected chi connectivity index (χ1v) is 9.91.